The van der Waals surface area contributed by atoms with Gasteiger partial charge in [-0.15, -0.1) is 0 Å². The van der Waals surface area contributed by atoms with Crippen LogP contribution in [0.15, 0.2) is 48.5 Å². The molecule has 0 atom stereocenters. The fourth-order valence-corrected chi connectivity index (χ4v) is 3.59. The Morgan fingerprint density at radius 1 is 0.913 bits per heavy atom. The predicted octanol–water partition coefficient (Wildman–Crippen LogP) is 5.67. The molecule has 3 rings (SSSR count). The smallest absolute Gasteiger partial charge is 0.0406 e. The van der Waals surface area contributed by atoms with Crippen molar-refractivity contribution in [2.45, 2.75) is 32.6 Å². The van der Waals surface area contributed by atoms with E-state index in [2.05, 4.69) is 48.2 Å². The van der Waals surface area contributed by atoms with E-state index in [4.69, 9.17) is 11.6 Å². The SMILES string of the molecule is CCN1CCC(CCc2ccc(-c3ccc(Cl)cc3)cc2)CC1. The van der Waals surface area contributed by atoms with Crippen molar-refractivity contribution >= 4 is 11.6 Å². The Hall–Kier alpha value is -1.31. The second-order valence-electron chi connectivity index (χ2n) is 6.62. The number of hydrogen-bond acceptors (Lipinski definition) is 1. The molecule has 2 heteroatoms. The molecule has 1 heterocycles. The summed E-state index contributed by atoms with van der Waals surface area (Å²) in [4.78, 5) is 2.57. The number of aryl methyl sites for hydroxylation is 1. The third kappa shape index (κ3) is 4.59. The molecule has 1 fully saturated rings. The Labute approximate surface area is 145 Å². The normalized spacial score (nSPS) is 16.6. The number of piperidine rings is 1. The van der Waals surface area contributed by atoms with Gasteiger partial charge in [0.15, 0.2) is 0 Å². The summed E-state index contributed by atoms with van der Waals surface area (Å²) < 4.78 is 0. The van der Waals surface area contributed by atoms with E-state index in [1.807, 2.05) is 12.1 Å². The van der Waals surface area contributed by atoms with Gasteiger partial charge in [0, 0.05) is 5.02 Å². The van der Waals surface area contributed by atoms with Crippen molar-refractivity contribution in [3.8, 4) is 11.1 Å². The number of rotatable bonds is 5. The third-order valence-electron chi connectivity index (χ3n) is 5.13. The zero-order valence-corrected chi connectivity index (χ0v) is 14.7. The van der Waals surface area contributed by atoms with Crippen molar-refractivity contribution in [1.82, 2.24) is 4.90 Å². The number of benzene rings is 2. The van der Waals surface area contributed by atoms with Crippen LogP contribution in [0.25, 0.3) is 11.1 Å². The van der Waals surface area contributed by atoms with E-state index in [9.17, 15) is 0 Å². The Morgan fingerprint density at radius 2 is 1.48 bits per heavy atom. The Balaban J connectivity index is 1.53. The molecule has 23 heavy (non-hydrogen) atoms. The summed E-state index contributed by atoms with van der Waals surface area (Å²) in [6.07, 6.45) is 5.28. The Bertz CT molecular complexity index is 595. The summed E-state index contributed by atoms with van der Waals surface area (Å²) >= 11 is 5.95. The minimum Gasteiger partial charge on any atom is -0.304 e. The second kappa shape index (κ2) is 7.99. The van der Waals surface area contributed by atoms with Crippen LogP contribution < -0.4 is 0 Å². The molecule has 1 saturated heterocycles. The molecule has 2 aromatic carbocycles. The number of nitrogens with zero attached hydrogens (tertiary/aromatic N) is 1. The first kappa shape index (κ1) is 16.5. The highest BCUT2D eigenvalue weighted by Gasteiger charge is 2.17. The zero-order chi connectivity index (χ0) is 16.1. The van der Waals surface area contributed by atoms with Gasteiger partial charge in [-0.1, -0.05) is 54.9 Å². The van der Waals surface area contributed by atoms with Crippen molar-refractivity contribution in [1.29, 1.82) is 0 Å². The molecule has 0 bridgehead atoms. The minimum absolute atomic E-state index is 0.791. The fourth-order valence-electron chi connectivity index (χ4n) is 3.47. The highest BCUT2D eigenvalue weighted by Crippen LogP contribution is 2.25. The van der Waals surface area contributed by atoms with E-state index in [0.717, 1.165) is 10.9 Å². The molecule has 0 aromatic heterocycles. The molecular weight excluding hydrogens is 302 g/mol. The highest BCUT2D eigenvalue weighted by molar-refractivity contribution is 6.30. The summed E-state index contributed by atoms with van der Waals surface area (Å²) in [7, 11) is 0. The van der Waals surface area contributed by atoms with E-state index in [0.29, 0.717) is 0 Å². The summed E-state index contributed by atoms with van der Waals surface area (Å²) in [6, 6.07) is 17.1. The van der Waals surface area contributed by atoms with Crippen molar-refractivity contribution in [3.05, 3.63) is 59.1 Å². The van der Waals surface area contributed by atoms with Crippen LogP contribution in [0.3, 0.4) is 0 Å². The van der Waals surface area contributed by atoms with E-state index in [1.54, 1.807) is 0 Å². The maximum atomic E-state index is 5.95. The molecule has 0 radical (unpaired) electrons. The first-order valence-electron chi connectivity index (χ1n) is 8.82. The van der Waals surface area contributed by atoms with E-state index in [1.165, 1.54) is 62.0 Å². The summed E-state index contributed by atoms with van der Waals surface area (Å²) in [6.45, 7) is 6.05. The molecule has 0 unspecified atom stereocenters. The molecule has 0 saturated carbocycles. The van der Waals surface area contributed by atoms with E-state index >= 15 is 0 Å². The second-order valence-corrected chi connectivity index (χ2v) is 7.06. The molecule has 1 aliphatic heterocycles. The third-order valence-corrected chi connectivity index (χ3v) is 5.38. The molecule has 0 amide bonds. The van der Waals surface area contributed by atoms with E-state index < -0.39 is 0 Å². The quantitative estimate of drug-likeness (QED) is 0.683. The largest absolute Gasteiger partial charge is 0.304 e. The van der Waals surface area contributed by atoms with Crippen LogP contribution in [0, 0.1) is 5.92 Å². The van der Waals surface area contributed by atoms with Gasteiger partial charge >= 0.3 is 0 Å². The van der Waals surface area contributed by atoms with Gasteiger partial charge in [-0.3, -0.25) is 0 Å². The van der Waals surface area contributed by atoms with Crippen LogP contribution in [0.2, 0.25) is 5.02 Å². The molecule has 0 aliphatic carbocycles. The summed E-state index contributed by atoms with van der Waals surface area (Å²) in [5.41, 5.74) is 3.95. The predicted molar refractivity (Wildman–Crippen MR) is 100 cm³/mol. The van der Waals surface area contributed by atoms with Crippen LogP contribution in [0.1, 0.15) is 31.7 Å². The molecular formula is C21H26ClN. The molecule has 0 N–H and O–H groups in total. The lowest BCUT2D eigenvalue weighted by molar-refractivity contribution is 0.187. The molecule has 2 aromatic rings. The van der Waals surface area contributed by atoms with Crippen LogP contribution in [-0.2, 0) is 6.42 Å². The summed E-state index contributed by atoms with van der Waals surface area (Å²) in [5, 5.41) is 0.791. The molecule has 0 spiro atoms. The van der Waals surface area contributed by atoms with Gasteiger partial charge in [-0.05, 0) is 80.1 Å². The van der Waals surface area contributed by atoms with Gasteiger partial charge in [0.05, 0.1) is 0 Å². The topological polar surface area (TPSA) is 3.24 Å². The first-order chi connectivity index (χ1) is 11.2. The van der Waals surface area contributed by atoms with E-state index in [-0.39, 0.29) is 0 Å². The molecule has 122 valence electrons. The van der Waals surface area contributed by atoms with Crippen LogP contribution in [0.5, 0.6) is 0 Å². The van der Waals surface area contributed by atoms with Crippen molar-refractivity contribution < 1.29 is 0 Å². The molecule has 1 nitrogen and oxygen atoms in total. The average molecular weight is 328 g/mol. The fraction of sp³-hybridized carbons (Fsp3) is 0.429. The lowest BCUT2D eigenvalue weighted by Crippen LogP contribution is -2.33. The lowest BCUT2D eigenvalue weighted by Gasteiger charge is -2.31. The first-order valence-corrected chi connectivity index (χ1v) is 9.19. The summed E-state index contributed by atoms with van der Waals surface area (Å²) in [5.74, 6) is 0.911. The van der Waals surface area contributed by atoms with Gasteiger partial charge in [-0.2, -0.15) is 0 Å². The van der Waals surface area contributed by atoms with Crippen molar-refractivity contribution in [2.24, 2.45) is 5.92 Å². The lowest BCUT2D eigenvalue weighted by atomic mass is 9.90. The maximum Gasteiger partial charge on any atom is 0.0406 e. The maximum absolute atomic E-state index is 5.95. The standard InChI is InChI=1S/C21H26ClN/c1-2-23-15-13-18(14-16-23)4-3-17-5-7-19(8-6-17)20-9-11-21(22)12-10-20/h5-12,18H,2-4,13-16H2,1H3. The Morgan fingerprint density at radius 3 is 2.04 bits per heavy atom. The highest BCUT2D eigenvalue weighted by atomic mass is 35.5. The van der Waals surface area contributed by atoms with Crippen LogP contribution in [0.4, 0.5) is 0 Å². The van der Waals surface area contributed by atoms with Gasteiger partial charge in [-0.25, -0.2) is 0 Å². The van der Waals surface area contributed by atoms with Gasteiger partial charge in [0.2, 0.25) is 0 Å². The average Bonchev–Trinajstić information content (AvgIpc) is 2.61. The van der Waals surface area contributed by atoms with Gasteiger partial charge < -0.3 is 4.90 Å². The van der Waals surface area contributed by atoms with Gasteiger partial charge in [0.1, 0.15) is 0 Å². The number of hydrogen-bond donors (Lipinski definition) is 0. The van der Waals surface area contributed by atoms with Gasteiger partial charge in [0.25, 0.3) is 0 Å². The van der Waals surface area contributed by atoms with Crippen LogP contribution in [-0.4, -0.2) is 24.5 Å². The minimum atomic E-state index is 0.791. The van der Waals surface area contributed by atoms with Crippen LogP contribution >= 0.6 is 11.6 Å². The number of halogens is 1. The zero-order valence-electron chi connectivity index (χ0n) is 14.0. The number of likely N-dealkylation sites (tertiary alicyclic amines) is 1. The monoisotopic (exact) mass is 327 g/mol. The van der Waals surface area contributed by atoms with Crippen molar-refractivity contribution in [2.75, 3.05) is 19.6 Å². The Kier molecular flexibility index (Phi) is 5.75. The molecule has 1 aliphatic rings. The van der Waals surface area contributed by atoms with Crippen molar-refractivity contribution in [3.63, 3.8) is 0 Å².